The van der Waals surface area contributed by atoms with E-state index in [-0.39, 0.29) is 13.2 Å². The molecule has 1 aliphatic heterocycles. The summed E-state index contributed by atoms with van der Waals surface area (Å²) in [5.41, 5.74) is 5.70. The molecule has 4 rings (SSSR count). The molecule has 0 saturated carbocycles. The number of benzene rings is 3. The molecule has 0 aromatic heterocycles. The summed E-state index contributed by atoms with van der Waals surface area (Å²) in [7, 11) is 1.55. The Bertz CT molecular complexity index is 1600. The van der Waals surface area contributed by atoms with Crippen LogP contribution in [0.2, 0.25) is 0 Å². The van der Waals surface area contributed by atoms with Gasteiger partial charge in [0.2, 0.25) is 0 Å². The second-order valence-electron chi connectivity index (χ2n) is 9.36. The van der Waals surface area contributed by atoms with Crippen LogP contribution in [-0.2, 0) is 20.9 Å². The molecule has 0 saturated heterocycles. The Hall–Kier alpha value is -3.94. The summed E-state index contributed by atoms with van der Waals surface area (Å²) in [6.07, 6.45) is 1.48. The van der Waals surface area contributed by atoms with E-state index in [0.717, 1.165) is 10.0 Å². The van der Waals surface area contributed by atoms with Crippen molar-refractivity contribution in [3.05, 3.63) is 97.6 Å². The number of rotatable bonds is 12. The largest absolute Gasteiger partial charge is 0.493 e. The fourth-order valence-corrected chi connectivity index (χ4v) is 5.41. The molecule has 0 aliphatic carbocycles. The van der Waals surface area contributed by atoms with Gasteiger partial charge in [0.25, 0.3) is 5.91 Å². The number of thiocarbonyl (C=S) groups is 1. The molecule has 1 amide bonds. The highest BCUT2D eigenvalue weighted by atomic mass is 79.9. The predicted molar refractivity (Wildman–Crippen MR) is 178 cm³/mol. The van der Waals surface area contributed by atoms with Crippen LogP contribution >= 0.6 is 44.1 Å². The number of halogens is 2. The molecule has 13 heteroatoms. The lowest BCUT2D eigenvalue weighted by molar-refractivity contribution is -0.139. The van der Waals surface area contributed by atoms with Gasteiger partial charge in [0.15, 0.2) is 23.2 Å². The van der Waals surface area contributed by atoms with E-state index < -0.39 is 17.9 Å². The van der Waals surface area contributed by atoms with Gasteiger partial charge in [-0.3, -0.25) is 4.79 Å². The number of methoxy groups -OCH3 is 1. The Balaban J connectivity index is 1.39. The molecule has 1 heterocycles. The third kappa shape index (κ3) is 8.58. The van der Waals surface area contributed by atoms with Gasteiger partial charge < -0.3 is 29.6 Å². The summed E-state index contributed by atoms with van der Waals surface area (Å²) in [5.74, 6) is 0.482. The number of nitrogens with one attached hydrogen (secondary N) is 3. The summed E-state index contributed by atoms with van der Waals surface area (Å²) >= 11 is 12.3. The predicted octanol–water partition coefficient (Wildman–Crippen LogP) is 5.68. The Kier molecular flexibility index (Phi) is 11.8. The van der Waals surface area contributed by atoms with Crippen molar-refractivity contribution in [2.24, 2.45) is 5.10 Å². The van der Waals surface area contributed by atoms with Crippen LogP contribution in [-0.4, -0.2) is 43.5 Å². The Morgan fingerprint density at radius 2 is 1.82 bits per heavy atom. The summed E-state index contributed by atoms with van der Waals surface area (Å²) in [4.78, 5) is 25.4. The van der Waals surface area contributed by atoms with Gasteiger partial charge in [-0.2, -0.15) is 5.10 Å². The first-order chi connectivity index (χ1) is 21.2. The number of allylic oxidation sites excluding steroid dienone is 1. The highest BCUT2D eigenvalue weighted by Crippen LogP contribution is 2.37. The van der Waals surface area contributed by atoms with E-state index in [9.17, 15) is 9.59 Å². The van der Waals surface area contributed by atoms with Crippen molar-refractivity contribution in [2.45, 2.75) is 26.5 Å². The first kappa shape index (κ1) is 33.0. The number of ether oxygens (including phenoxy) is 4. The van der Waals surface area contributed by atoms with E-state index in [1.54, 1.807) is 57.4 Å². The monoisotopic (exact) mass is 744 g/mol. The van der Waals surface area contributed by atoms with Gasteiger partial charge in [0, 0.05) is 15.7 Å². The molecule has 0 spiro atoms. The lowest BCUT2D eigenvalue weighted by Gasteiger charge is -2.30. The first-order valence-electron chi connectivity index (χ1n) is 13.4. The van der Waals surface area contributed by atoms with E-state index in [4.69, 9.17) is 31.2 Å². The molecule has 10 nitrogen and oxygen atoms in total. The van der Waals surface area contributed by atoms with Crippen molar-refractivity contribution in [1.82, 2.24) is 16.1 Å². The topological polar surface area (TPSA) is 120 Å². The maximum absolute atomic E-state index is 12.7. The quantitative estimate of drug-likeness (QED) is 0.0931. The van der Waals surface area contributed by atoms with Gasteiger partial charge >= 0.3 is 5.97 Å². The third-order valence-electron chi connectivity index (χ3n) is 6.30. The van der Waals surface area contributed by atoms with Crippen LogP contribution < -0.4 is 30.3 Å². The van der Waals surface area contributed by atoms with Crippen molar-refractivity contribution in [1.29, 1.82) is 0 Å². The number of hydrogen-bond acceptors (Lipinski definition) is 8. The molecule has 3 N–H and O–H groups in total. The van der Waals surface area contributed by atoms with Crippen LogP contribution in [0.25, 0.3) is 0 Å². The fourth-order valence-electron chi connectivity index (χ4n) is 4.30. The Labute approximate surface area is 277 Å². The zero-order chi connectivity index (χ0) is 31.6. The normalized spacial score (nSPS) is 14.5. The minimum atomic E-state index is -0.629. The lowest BCUT2D eigenvalue weighted by atomic mass is 9.95. The number of amides is 1. The summed E-state index contributed by atoms with van der Waals surface area (Å²) in [5, 5.41) is 10.5. The highest BCUT2D eigenvalue weighted by molar-refractivity contribution is 9.10. The van der Waals surface area contributed by atoms with Gasteiger partial charge in [-0.25, -0.2) is 10.2 Å². The Morgan fingerprint density at radius 1 is 1.07 bits per heavy atom. The number of para-hydroxylation sites is 1. The van der Waals surface area contributed by atoms with E-state index in [0.29, 0.717) is 55.8 Å². The average molecular weight is 746 g/mol. The van der Waals surface area contributed by atoms with Gasteiger partial charge in [-0.1, -0.05) is 46.3 Å². The van der Waals surface area contributed by atoms with Crippen LogP contribution in [0.15, 0.2) is 86.0 Å². The number of carbonyl (C=O) groups excluding carboxylic acids is 2. The summed E-state index contributed by atoms with van der Waals surface area (Å²) < 4.78 is 24.3. The number of carbonyl (C=O) groups is 2. The minimum absolute atomic E-state index is 0.222. The molecule has 3 aromatic carbocycles. The van der Waals surface area contributed by atoms with Crippen LogP contribution in [0.3, 0.4) is 0 Å². The van der Waals surface area contributed by atoms with Gasteiger partial charge in [0.1, 0.15) is 12.4 Å². The molecular formula is C31H30Br2N4O6S. The van der Waals surface area contributed by atoms with Crippen LogP contribution in [0.5, 0.6) is 17.2 Å². The average Bonchev–Trinajstić information content (AvgIpc) is 3.00. The number of hydrazone groups is 1. The van der Waals surface area contributed by atoms with Crippen molar-refractivity contribution < 1.29 is 28.5 Å². The van der Waals surface area contributed by atoms with Crippen LogP contribution in [0, 0.1) is 0 Å². The van der Waals surface area contributed by atoms with Gasteiger partial charge in [-0.15, -0.1) is 0 Å². The van der Waals surface area contributed by atoms with Gasteiger partial charge in [-0.05, 0) is 83.5 Å². The number of hydrogen-bond donors (Lipinski definition) is 3. The smallest absolute Gasteiger partial charge is 0.338 e. The maximum Gasteiger partial charge on any atom is 0.338 e. The van der Waals surface area contributed by atoms with E-state index in [2.05, 4.69) is 53.0 Å². The minimum Gasteiger partial charge on any atom is -0.493 e. The highest BCUT2D eigenvalue weighted by Gasteiger charge is 2.32. The zero-order valence-electron chi connectivity index (χ0n) is 24.1. The molecule has 0 unspecified atom stereocenters. The lowest BCUT2D eigenvalue weighted by Crippen LogP contribution is -2.45. The molecule has 230 valence electrons. The standard InChI is InChI=1S/C31H30Br2N4O6S/c1-4-41-30(39)27-18(2)35-31(44)36-28(27)22-7-5-6-8-24(22)42-17-26(38)37-34-15-20-13-23(33)29(25(14-20)40-3)43-16-19-9-11-21(32)12-10-19/h5-15,28H,4,16-17H2,1-3H3,(H,37,38)(H2,35,36,44)/t28-/m1/s1. The molecular weight excluding hydrogens is 716 g/mol. The summed E-state index contributed by atoms with van der Waals surface area (Å²) in [6.45, 7) is 3.74. The molecule has 1 atom stereocenters. The second-order valence-corrected chi connectivity index (χ2v) is 11.5. The molecule has 0 bridgehead atoms. The van der Waals surface area contributed by atoms with E-state index in [1.807, 2.05) is 24.3 Å². The number of nitrogens with zero attached hydrogens (tertiary/aromatic N) is 1. The summed E-state index contributed by atoms with van der Waals surface area (Å²) in [6, 6.07) is 17.8. The molecule has 0 fully saturated rings. The van der Waals surface area contributed by atoms with Crippen molar-refractivity contribution >= 4 is 67.3 Å². The molecule has 44 heavy (non-hydrogen) atoms. The Morgan fingerprint density at radius 3 is 2.55 bits per heavy atom. The van der Waals surface area contributed by atoms with E-state index >= 15 is 0 Å². The number of esters is 1. The van der Waals surface area contributed by atoms with Crippen molar-refractivity contribution in [3.63, 3.8) is 0 Å². The first-order valence-corrected chi connectivity index (χ1v) is 15.4. The third-order valence-corrected chi connectivity index (χ3v) is 7.64. The van der Waals surface area contributed by atoms with Crippen molar-refractivity contribution in [2.75, 3.05) is 20.3 Å². The van der Waals surface area contributed by atoms with Crippen LogP contribution in [0.1, 0.15) is 36.6 Å². The van der Waals surface area contributed by atoms with Gasteiger partial charge in [0.05, 0.1) is 36.0 Å². The van der Waals surface area contributed by atoms with E-state index in [1.165, 1.54) is 6.21 Å². The molecule has 3 aromatic rings. The molecule has 0 radical (unpaired) electrons. The SMILES string of the molecule is CCOC(=O)C1=C(C)NC(=S)N[C@@H]1c1ccccc1OCC(=O)NN=Cc1cc(Br)c(OCc2ccc(Br)cc2)c(OC)c1. The zero-order valence-corrected chi connectivity index (χ0v) is 28.1. The molecule has 1 aliphatic rings. The fraction of sp³-hybridized carbons (Fsp3) is 0.226. The maximum atomic E-state index is 12.7. The van der Waals surface area contributed by atoms with Crippen LogP contribution in [0.4, 0.5) is 0 Å². The van der Waals surface area contributed by atoms with Crippen molar-refractivity contribution in [3.8, 4) is 17.2 Å². The second kappa shape index (κ2) is 15.7.